The second-order valence-electron chi connectivity index (χ2n) is 4.10. The van der Waals surface area contributed by atoms with Crippen LogP contribution in [0.2, 0.25) is 0 Å². The van der Waals surface area contributed by atoms with Gasteiger partial charge in [0.25, 0.3) is 0 Å². The SMILES string of the molecule is CC=CC(=O)c1ccccc1C(=O)c1ccccc1. The zero-order valence-corrected chi connectivity index (χ0v) is 10.7. The second kappa shape index (κ2) is 5.91. The summed E-state index contributed by atoms with van der Waals surface area (Å²) in [6, 6.07) is 15.9. The maximum atomic E-state index is 12.4. The molecule has 0 atom stereocenters. The van der Waals surface area contributed by atoms with Gasteiger partial charge in [-0.3, -0.25) is 9.59 Å². The van der Waals surface area contributed by atoms with Crippen LogP contribution in [0.5, 0.6) is 0 Å². The Morgan fingerprint density at radius 2 is 1.42 bits per heavy atom. The summed E-state index contributed by atoms with van der Waals surface area (Å²) >= 11 is 0. The molecule has 0 spiro atoms. The number of hydrogen-bond donors (Lipinski definition) is 0. The van der Waals surface area contributed by atoms with E-state index in [-0.39, 0.29) is 11.6 Å². The van der Waals surface area contributed by atoms with Crippen LogP contribution < -0.4 is 0 Å². The molecule has 2 heteroatoms. The van der Waals surface area contributed by atoms with Crippen molar-refractivity contribution in [2.45, 2.75) is 6.92 Å². The van der Waals surface area contributed by atoms with Gasteiger partial charge in [0.05, 0.1) is 0 Å². The molecule has 0 N–H and O–H groups in total. The van der Waals surface area contributed by atoms with Gasteiger partial charge in [0.2, 0.25) is 0 Å². The quantitative estimate of drug-likeness (QED) is 0.612. The topological polar surface area (TPSA) is 34.1 Å². The lowest BCUT2D eigenvalue weighted by Gasteiger charge is -2.06. The van der Waals surface area contributed by atoms with E-state index >= 15 is 0 Å². The van der Waals surface area contributed by atoms with Gasteiger partial charge >= 0.3 is 0 Å². The molecule has 0 unspecified atom stereocenters. The van der Waals surface area contributed by atoms with E-state index in [1.807, 2.05) is 18.2 Å². The number of benzene rings is 2. The number of ketones is 2. The Morgan fingerprint density at radius 3 is 2.05 bits per heavy atom. The van der Waals surface area contributed by atoms with E-state index in [0.29, 0.717) is 16.7 Å². The molecule has 0 aliphatic heterocycles. The Hall–Kier alpha value is -2.48. The molecule has 2 rings (SSSR count). The number of carbonyl (C=O) groups is 2. The summed E-state index contributed by atoms with van der Waals surface area (Å²) in [5, 5.41) is 0. The van der Waals surface area contributed by atoms with Gasteiger partial charge in [0, 0.05) is 16.7 Å². The normalized spacial score (nSPS) is 10.6. The van der Waals surface area contributed by atoms with Crippen LogP contribution in [0.25, 0.3) is 0 Å². The fourth-order valence-corrected chi connectivity index (χ4v) is 1.88. The summed E-state index contributed by atoms with van der Waals surface area (Å²) in [5.74, 6) is -0.281. The molecule has 0 aliphatic carbocycles. The predicted molar refractivity (Wildman–Crippen MR) is 75.5 cm³/mol. The van der Waals surface area contributed by atoms with E-state index in [1.165, 1.54) is 6.08 Å². The first kappa shape index (κ1) is 13.0. The molecule has 0 aromatic heterocycles. The number of carbonyl (C=O) groups excluding carboxylic acids is 2. The van der Waals surface area contributed by atoms with Crippen LogP contribution in [0.1, 0.15) is 33.2 Å². The van der Waals surface area contributed by atoms with Crippen molar-refractivity contribution in [3.8, 4) is 0 Å². The largest absolute Gasteiger partial charge is 0.289 e. The molecular formula is C17H14O2. The molecule has 2 aromatic rings. The first-order valence-corrected chi connectivity index (χ1v) is 6.10. The van der Waals surface area contributed by atoms with Gasteiger partial charge in [0.1, 0.15) is 0 Å². The van der Waals surface area contributed by atoms with E-state index in [0.717, 1.165) is 0 Å². The highest BCUT2D eigenvalue weighted by Crippen LogP contribution is 2.15. The van der Waals surface area contributed by atoms with Crippen LogP contribution in [-0.4, -0.2) is 11.6 Å². The fourth-order valence-electron chi connectivity index (χ4n) is 1.88. The highest BCUT2D eigenvalue weighted by atomic mass is 16.1. The fraction of sp³-hybridized carbons (Fsp3) is 0.0588. The van der Waals surface area contributed by atoms with Crippen molar-refractivity contribution in [2.75, 3.05) is 0 Å². The van der Waals surface area contributed by atoms with Gasteiger partial charge in [-0.05, 0) is 13.0 Å². The molecular weight excluding hydrogens is 236 g/mol. The van der Waals surface area contributed by atoms with Crippen molar-refractivity contribution in [3.05, 3.63) is 83.4 Å². The van der Waals surface area contributed by atoms with Crippen LogP contribution >= 0.6 is 0 Å². The molecule has 0 heterocycles. The number of rotatable bonds is 4. The van der Waals surface area contributed by atoms with Crippen LogP contribution in [0.4, 0.5) is 0 Å². The van der Waals surface area contributed by atoms with E-state index < -0.39 is 0 Å². The average molecular weight is 250 g/mol. The van der Waals surface area contributed by atoms with Crippen LogP contribution in [0.15, 0.2) is 66.7 Å². The molecule has 0 saturated heterocycles. The molecule has 0 saturated carbocycles. The number of allylic oxidation sites excluding steroid dienone is 2. The highest BCUT2D eigenvalue weighted by Gasteiger charge is 2.15. The first-order valence-electron chi connectivity index (χ1n) is 6.10. The lowest BCUT2D eigenvalue weighted by molar-refractivity contribution is 0.101. The highest BCUT2D eigenvalue weighted by molar-refractivity contribution is 6.17. The maximum absolute atomic E-state index is 12.4. The van der Waals surface area contributed by atoms with Crippen molar-refractivity contribution in [2.24, 2.45) is 0 Å². The standard InChI is InChI=1S/C17H14O2/c1-2-8-16(18)14-11-6-7-12-15(14)17(19)13-9-4-3-5-10-13/h2-12H,1H3. The Kier molecular flexibility index (Phi) is 4.04. The maximum Gasteiger partial charge on any atom is 0.193 e. The zero-order chi connectivity index (χ0) is 13.7. The summed E-state index contributed by atoms with van der Waals surface area (Å²) in [7, 11) is 0. The molecule has 0 radical (unpaired) electrons. The van der Waals surface area contributed by atoms with Gasteiger partial charge in [-0.25, -0.2) is 0 Å². The summed E-state index contributed by atoms with van der Waals surface area (Å²) in [6.07, 6.45) is 3.14. The Labute approximate surface area is 112 Å². The summed E-state index contributed by atoms with van der Waals surface area (Å²) in [5.41, 5.74) is 1.47. The van der Waals surface area contributed by atoms with Gasteiger partial charge in [-0.15, -0.1) is 0 Å². The third-order valence-corrected chi connectivity index (χ3v) is 2.79. The van der Waals surface area contributed by atoms with E-state index in [9.17, 15) is 9.59 Å². The van der Waals surface area contributed by atoms with Crippen molar-refractivity contribution < 1.29 is 9.59 Å². The monoisotopic (exact) mass is 250 g/mol. The van der Waals surface area contributed by atoms with Crippen molar-refractivity contribution in [1.82, 2.24) is 0 Å². The predicted octanol–water partition coefficient (Wildman–Crippen LogP) is 3.68. The smallest absolute Gasteiger partial charge is 0.193 e. The van der Waals surface area contributed by atoms with Crippen molar-refractivity contribution in [3.63, 3.8) is 0 Å². The third kappa shape index (κ3) is 2.86. The molecule has 0 fully saturated rings. The first-order chi connectivity index (χ1) is 9.24. The van der Waals surface area contributed by atoms with E-state index in [2.05, 4.69) is 0 Å². The number of hydrogen-bond acceptors (Lipinski definition) is 2. The molecule has 94 valence electrons. The van der Waals surface area contributed by atoms with Gasteiger partial charge in [-0.2, -0.15) is 0 Å². The van der Waals surface area contributed by atoms with Crippen molar-refractivity contribution >= 4 is 11.6 Å². The molecule has 19 heavy (non-hydrogen) atoms. The summed E-state index contributed by atoms with van der Waals surface area (Å²) < 4.78 is 0. The van der Waals surface area contributed by atoms with Gasteiger partial charge in [-0.1, -0.05) is 60.7 Å². The molecule has 0 aliphatic rings. The lowest BCUT2D eigenvalue weighted by atomic mass is 9.96. The van der Waals surface area contributed by atoms with Crippen LogP contribution in [0, 0.1) is 0 Å². The Bertz CT molecular complexity index is 625. The third-order valence-electron chi connectivity index (χ3n) is 2.79. The van der Waals surface area contributed by atoms with Crippen LogP contribution in [-0.2, 0) is 0 Å². The van der Waals surface area contributed by atoms with E-state index in [4.69, 9.17) is 0 Å². The van der Waals surface area contributed by atoms with E-state index in [1.54, 1.807) is 49.4 Å². The lowest BCUT2D eigenvalue weighted by Crippen LogP contribution is -2.08. The average Bonchev–Trinajstić information content (AvgIpc) is 2.47. The Morgan fingerprint density at radius 1 is 0.842 bits per heavy atom. The zero-order valence-electron chi connectivity index (χ0n) is 10.7. The molecule has 2 aromatic carbocycles. The summed E-state index contributed by atoms with van der Waals surface area (Å²) in [6.45, 7) is 1.78. The van der Waals surface area contributed by atoms with Gasteiger partial charge in [0.15, 0.2) is 11.6 Å². The van der Waals surface area contributed by atoms with Crippen LogP contribution in [0.3, 0.4) is 0 Å². The minimum atomic E-state index is -0.151. The minimum absolute atomic E-state index is 0.131. The van der Waals surface area contributed by atoms with Gasteiger partial charge < -0.3 is 0 Å². The second-order valence-corrected chi connectivity index (χ2v) is 4.10. The molecule has 2 nitrogen and oxygen atoms in total. The Balaban J connectivity index is 2.46. The van der Waals surface area contributed by atoms with Crippen molar-refractivity contribution in [1.29, 1.82) is 0 Å². The summed E-state index contributed by atoms with van der Waals surface area (Å²) in [4.78, 5) is 24.4. The molecule has 0 amide bonds. The minimum Gasteiger partial charge on any atom is -0.289 e. The molecule has 0 bridgehead atoms.